The third-order valence-electron chi connectivity index (χ3n) is 5.97. The number of rotatable bonds is 9. The molecule has 0 aromatic carbocycles. The van der Waals surface area contributed by atoms with Gasteiger partial charge in [0.25, 0.3) is 0 Å². The van der Waals surface area contributed by atoms with Crippen LogP contribution >= 0.6 is 24.0 Å². The molecular formula is C20H42IN5O. The number of likely N-dealkylation sites (tertiary alicyclic amines) is 2. The quantitative estimate of drug-likeness (QED) is 0.223. The van der Waals surface area contributed by atoms with Crippen molar-refractivity contribution in [3.05, 3.63) is 0 Å². The number of nitrogens with one attached hydrogen (secondary N) is 2. The molecule has 2 aliphatic heterocycles. The minimum atomic E-state index is 0. The fraction of sp³-hybridized carbons (Fsp3) is 0.950. The van der Waals surface area contributed by atoms with Gasteiger partial charge in [0.15, 0.2) is 5.96 Å². The maximum atomic E-state index is 5.40. The van der Waals surface area contributed by atoms with E-state index in [1.807, 2.05) is 14.0 Å². The van der Waals surface area contributed by atoms with Crippen molar-refractivity contribution in [2.24, 2.45) is 4.99 Å². The summed E-state index contributed by atoms with van der Waals surface area (Å²) < 4.78 is 5.40. The van der Waals surface area contributed by atoms with E-state index in [1.54, 1.807) is 0 Å². The van der Waals surface area contributed by atoms with Crippen LogP contribution in [0.2, 0.25) is 0 Å². The lowest BCUT2D eigenvalue weighted by molar-refractivity contribution is 0.0173. The van der Waals surface area contributed by atoms with Crippen LogP contribution in [-0.2, 0) is 4.74 Å². The molecule has 0 atom stereocenters. The van der Waals surface area contributed by atoms with Crippen molar-refractivity contribution in [3.63, 3.8) is 0 Å². The zero-order valence-electron chi connectivity index (χ0n) is 17.8. The van der Waals surface area contributed by atoms with Crippen molar-refractivity contribution < 1.29 is 4.74 Å². The van der Waals surface area contributed by atoms with Crippen LogP contribution in [0.5, 0.6) is 0 Å². The molecule has 2 N–H and O–H groups in total. The Balaban J connectivity index is 0.00000364. The van der Waals surface area contributed by atoms with Crippen LogP contribution in [0, 0.1) is 0 Å². The molecule has 0 aromatic heterocycles. The predicted molar refractivity (Wildman–Crippen MR) is 125 cm³/mol. The number of halogens is 1. The highest BCUT2D eigenvalue weighted by Gasteiger charge is 2.39. The smallest absolute Gasteiger partial charge is 0.191 e. The van der Waals surface area contributed by atoms with Gasteiger partial charge in [0, 0.05) is 38.9 Å². The highest BCUT2D eigenvalue weighted by molar-refractivity contribution is 14.0. The summed E-state index contributed by atoms with van der Waals surface area (Å²) in [6.45, 7) is 10.6. The summed E-state index contributed by atoms with van der Waals surface area (Å²) in [5.41, 5.74) is 0.291. The standard InChI is InChI=1S/C20H41N5O.HI/c1-4-26-17-9-6-12-22-19(21-2)23-18-20(10-15-24(3)16-11-20)25-13-7-5-8-14-25;/h4-18H2,1-3H3,(H2,21,22,23);1H. The SMILES string of the molecule is CCOCCCCNC(=NC)NCC1(N2CCCCC2)CCN(C)CC1.I. The molecule has 0 aliphatic carbocycles. The number of hydrogen-bond donors (Lipinski definition) is 2. The van der Waals surface area contributed by atoms with Crippen molar-refractivity contribution in [1.82, 2.24) is 20.4 Å². The summed E-state index contributed by atoms with van der Waals surface area (Å²) in [6.07, 6.45) is 8.81. The lowest BCUT2D eigenvalue weighted by Crippen LogP contribution is -2.62. The predicted octanol–water partition coefficient (Wildman–Crippen LogP) is 2.54. The Kier molecular flexibility index (Phi) is 12.9. The molecule has 2 rings (SSSR count). The molecule has 160 valence electrons. The molecule has 6 nitrogen and oxygen atoms in total. The number of unbranched alkanes of at least 4 members (excludes halogenated alkanes) is 1. The fourth-order valence-corrected chi connectivity index (χ4v) is 4.16. The van der Waals surface area contributed by atoms with Crippen LogP contribution in [0.25, 0.3) is 0 Å². The molecule has 2 saturated heterocycles. The van der Waals surface area contributed by atoms with E-state index in [4.69, 9.17) is 4.74 Å². The number of hydrogen-bond acceptors (Lipinski definition) is 4. The second-order valence-electron chi connectivity index (χ2n) is 7.83. The number of guanidine groups is 1. The lowest BCUT2D eigenvalue weighted by atomic mass is 9.84. The first-order valence-electron chi connectivity index (χ1n) is 10.7. The molecule has 0 aromatic rings. The van der Waals surface area contributed by atoms with Crippen LogP contribution in [0.3, 0.4) is 0 Å². The Morgan fingerprint density at radius 2 is 1.74 bits per heavy atom. The van der Waals surface area contributed by atoms with Gasteiger partial charge in [0.05, 0.1) is 0 Å². The molecular weight excluding hydrogens is 453 g/mol. The van der Waals surface area contributed by atoms with E-state index in [0.717, 1.165) is 45.1 Å². The Labute approximate surface area is 183 Å². The third kappa shape index (κ3) is 8.41. The Morgan fingerprint density at radius 1 is 1.04 bits per heavy atom. The van der Waals surface area contributed by atoms with Crippen molar-refractivity contribution in [2.75, 3.05) is 66.6 Å². The highest BCUT2D eigenvalue weighted by atomic mass is 127. The van der Waals surface area contributed by atoms with E-state index in [2.05, 4.69) is 32.5 Å². The summed E-state index contributed by atoms with van der Waals surface area (Å²) in [7, 11) is 4.12. The first kappa shape index (κ1) is 24.9. The Hall–Kier alpha value is -0.120. The van der Waals surface area contributed by atoms with Gasteiger partial charge in [0.1, 0.15) is 0 Å². The van der Waals surface area contributed by atoms with Gasteiger partial charge in [-0.05, 0) is 78.7 Å². The molecule has 0 saturated carbocycles. The van der Waals surface area contributed by atoms with Gasteiger partial charge >= 0.3 is 0 Å². The zero-order chi connectivity index (χ0) is 18.7. The van der Waals surface area contributed by atoms with Gasteiger partial charge in [-0.2, -0.15) is 0 Å². The normalized spacial score (nSPS) is 21.5. The zero-order valence-corrected chi connectivity index (χ0v) is 20.1. The molecule has 27 heavy (non-hydrogen) atoms. The van der Waals surface area contributed by atoms with Crippen LogP contribution in [-0.4, -0.2) is 87.9 Å². The van der Waals surface area contributed by atoms with Crippen LogP contribution in [0.15, 0.2) is 4.99 Å². The number of ether oxygens (including phenoxy) is 1. The molecule has 0 spiro atoms. The van der Waals surface area contributed by atoms with Gasteiger partial charge in [-0.1, -0.05) is 6.42 Å². The monoisotopic (exact) mass is 495 g/mol. The van der Waals surface area contributed by atoms with E-state index < -0.39 is 0 Å². The number of nitrogens with zero attached hydrogens (tertiary/aromatic N) is 3. The van der Waals surface area contributed by atoms with Gasteiger partial charge in [-0.3, -0.25) is 9.89 Å². The van der Waals surface area contributed by atoms with Crippen molar-refractivity contribution >= 4 is 29.9 Å². The van der Waals surface area contributed by atoms with E-state index >= 15 is 0 Å². The van der Waals surface area contributed by atoms with E-state index in [-0.39, 0.29) is 24.0 Å². The number of piperidine rings is 2. The third-order valence-corrected chi connectivity index (χ3v) is 5.97. The Bertz CT molecular complexity index is 407. The lowest BCUT2D eigenvalue weighted by Gasteiger charge is -2.50. The number of aliphatic imine (C=N–C) groups is 1. The maximum Gasteiger partial charge on any atom is 0.191 e. The average Bonchev–Trinajstić information content (AvgIpc) is 2.69. The molecule has 2 fully saturated rings. The van der Waals surface area contributed by atoms with E-state index in [0.29, 0.717) is 5.54 Å². The maximum absolute atomic E-state index is 5.40. The van der Waals surface area contributed by atoms with Gasteiger partial charge < -0.3 is 20.3 Å². The largest absolute Gasteiger partial charge is 0.382 e. The van der Waals surface area contributed by atoms with Gasteiger partial charge in [0.2, 0.25) is 0 Å². The van der Waals surface area contributed by atoms with E-state index in [9.17, 15) is 0 Å². The van der Waals surface area contributed by atoms with Crippen molar-refractivity contribution in [1.29, 1.82) is 0 Å². The molecule has 0 amide bonds. The molecule has 0 bridgehead atoms. The van der Waals surface area contributed by atoms with Crippen LogP contribution in [0.4, 0.5) is 0 Å². The summed E-state index contributed by atoms with van der Waals surface area (Å²) >= 11 is 0. The summed E-state index contributed by atoms with van der Waals surface area (Å²) in [5, 5.41) is 7.11. The average molecular weight is 495 g/mol. The molecule has 2 heterocycles. The molecule has 0 unspecified atom stereocenters. The fourth-order valence-electron chi connectivity index (χ4n) is 4.16. The summed E-state index contributed by atoms with van der Waals surface area (Å²) in [4.78, 5) is 9.67. The van der Waals surface area contributed by atoms with Crippen LogP contribution < -0.4 is 10.6 Å². The second-order valence-corrected chi connectivity index (χ2v) is 7.83. The highest BCUT2D eigenvalue weighted by Crippen LogP contribution is 2.30. The van der Waals surface area contributed by atoms with Gasteiger partial charge in [-0.25, -0.2) is 0 Å². The summed E-state index contributed by atoms with van der Waals surface area (Å²) in [6, 6.07) is 0. The van der Waals surface area contributed by atoms with Gasteiger partial charge in [-0.15, -0.1) is 24.0 Å². The molecule has 7 heteroatoms. The topological polar surface area (TPSA) is 52.1 Å². The first-order chi connectivity index (χ1) is 12.7. The van der Waals surface area contributed by atoms with Crippen molar-refractivity contribution in [3.8, 4) is 0 Å². The summed E-state index contributed by atoms with van der Waals surface area (Å²) in [5.74, 6) is 0.941. The minimum Gasteiger partial charge on any atom is -0.382 e. The minimum absolute atomic E-state index is 0. The van der Waals surface area contributed by atoms with Crippen LogP contribution in [0.1, 0.15) is 51.9 Å². The van der Waals surface area contributed by atoms with E-state index in [1.165, 1.54) is 58.3 Å². The Morgan fingerprint density at radius 3 is 2.37 bits per heavy atom. The first-order valence-corrected chi connectivity index (χ1v) is 10.7. The second kappa shape index (κ2) is 14.0. The van der Waals surface area contributed by atoms with Crippen molar-refractivity contribution in [2.45, 2.75) is 57.4 Å². The molecule has 0 radical (unpaired) electrons. The molecule has 2 aliphatic rings.